The van der Waals surface area contributed by atoms with Crippen molar-refractivity contribution in [2.75, 3.05) is 26.2 Å². The highest BCUT2D eigenvalue weighted by Gasteiger charge is 2.19. The molecule has 1 aromatic carbocycles. The molecule has 0 radical (unpaired) electrons. The summed E-state index contributed by atoms with van der Waals surface area (Å²) in [4.78, 5) is 6.70. The van der Waals surface area contributed by atoms with Gasteiger partial charge in [-0.25, -0.2) is 4.39 Å². The lowest BCUT2D eigenvalue weighted by Gasteiger charge is -2.32. The van der Waals surface area contributed by atoms with Crippen molar-refractivity contribution in [3.05, 3.63) is 34.6 Å². The van der Waals surface area contributed by atoms with Crippen molar-refractivity contribution < 1.29 is 9.50 Å². The van der Waals surface area contributed by atoms with Gasteiger partial charge in [0, 0.05) is 36.8 Å². The third-order valence-electron chi connectivity index (χ3n) is 3.78. The van der Waals surface area contributed by atoms with Gasteiger partial charge in [0.1, 0.15) is 5.82 Å². The van der Waals surface area contributed by atoms with Crippen LogP contribution in [0.4, 0.5) is 4.39 Å². The first-order valence-electron chi connectivity index (χ1n) is 7.76. The van der Waals surface area contributed by atoms with E-state index in [9.17, 15) is 9.50 Å². The summed E-state index contributed by atoms with van der Waals surface area (Å²) in [6.07, 6.45) is 1.76. The highest BCUT2D eigenvalue weighted by Crippen LogP contribution is 2.19. The summed E-state index contributed by atoms with van der Waals surface area (Å²) >= 11 is 6.03. The Morgan fingerprint density at radius 3 is 2.74 bits per heavy atom. The monoisotopic (exact) mass is 455 g/mol. The van der Waals surface area contributed by atoms with Crippen LogP contribution >= 0.6 is 35.6 Å². The fourth-order valence-corrected chi connectivity index (χ4v) is 2.81. The van der Waals surface area contributed by atoms with E-state index < -0.39 is 0 Å². The predicted molar refractivity (Wildman–Crippen MR) is 103 cm³/mol. The van der Waals surface area contributed by atoms with Crippen LogP contribution in [0.1, 0.15) is 25.3 Å². The Kier molecular flexibility index (Phi) is 9.16. The lowest BCUT2D eigenvalue weighted by atomic mass is 10.1. The van der Waals surface area contributed by atoms with Gasteiger partial charge in [0.05, 0.1) is 6.10 Å². The van der Waals surface area contributed by atoms with E-state index in [-0.39, 0.29) is 35.9 Å². The van der Waals surface area contributed by atoms with Gasteiger partial charge in [0.2, 0.25) is 0 Å². The fourth-order valence-electron chi connectivity index (χ4n) is 2.55. The Balaban J connectivity index is 0.00000264. The number of piperidine rings is 1. The van der Waals surface area contributed by atoms with Crippen molar-refractivity contribution in [3.63, 3.8) is 0 Å². The average molecular weight is 456 g/mol. The quantitative estimate of drug-likeness (QED) is 0.417. The highest BCUT2D eigenvalue weighted by atomic mass is 127. The number of benzene rings is 1. The Labute approximate surface area is 159 Å². The Bertz CT molecular complexity index is 502. The first kappa shape index (κ1) is 20.4. The molecule has 0 saturated carbocycles. The van der Waals surface area contributed by atoms with Crippen LogP contribution in [-0.4, -0.2) is 48.2 Å². The number of nitrogens with zero attached hydrogens (tertiary/aromatic N) is 2. The molecule has 7 heteroatoms. The first-order chi connectivity index (χ1) is 10.6. The molecule has 1 saturated heterocycles. The van der Waals surface area contributed by atoms with Crippen molar-refractivity contribution >= 4 is 41.5 Å². The Morgan fingerprint density at radius 1 is 1.43 bits per heavy atom. The van der Waals surface area contributed by atoms with Crippen molar-refractivity contribution in [2.45, 2.75) is 32.3 Å². The molecule has 130 valence electrons. The molecule has 0 aliphatic carbocycles. The van der Waals surface area contributed by atoms with Crippen molar-refractivity contribution in [1.29, 1.82) is 0 Å². The zero-order valence-electron chi connectivity index (χ0n) is 13.3. The second-order valence-corrected chi connectivity index (χ2v) is 5.81. The van der Waals surface area contributed by atoms with Crippen LogP contribution in [0.15, 0.2) is 23.2 Å². The van der Waals surface area contributed by atoms with E-state index in [2.05, 4.69) is 15.2 Å². The fraction of sp³-hybridized carbons (Fsp3) is 0.562. The van der Waals surface area contributed by atoms with Gasteiger partial charge >= 0.3 is 0 Å². The lowest BCUT2D eigenvalue weighted by molar-refractivity contribution is 0.108. The molecule has 1 aliphatic rings. The van der Waals surface area contributed by atoms with E-state index in [4.69, 9.17) is 11.6 Å². The van der Waals surface area contributed by atoms with Crippen LogP contribution in [-0.2, 0) is 6.42 Å². The van der Waals surface area contributed by atoms with Gasteiger partial charge in [-0.3, -0.25) is 4.99 Å². The van der Waals surface area contributed by atoms with E-state index in [1.807, 2.05) is 6.92 Å². The van der Waals surface area contributed by atoms with Gasteiger partial charge < -0.3 is 15.3 Å². The van der Waals surface area contributed by atoms with Crippen LogP contribution in [0.2, 0.25) is 5.02 Å². The molecule has 23 heavy (non-hydrogen) atoms. The van der Waals surface area contributed by atoms with Crippen LogP contribution in [0, 0.1) is 5.82 Å². The molecule has 0 unspecified atom stereocenters. The van der Waals surface area contributed by atoms with Gasteiger partial charge in [-0.05, 0) is 38.3 Å². The van der Waals surface area contributed by atoms with Gasteiger partial charge in [-0.2, -0.15) is 0 Å². The molecule has 0 aromatic heterocycles. The summed E-state index contributed by atoms with van der Waals surface area (Å²) in [7, 11) is 0. The topological polar surface area (TPSA) is 47.9 Å². The molecular weight excluding hydrogens is 432 g/mol. The number of aliphatic imine (C=N–C) groups is 1. The average Bonchev–Trinajstić information content (AvgIpc) is 2.50. The minimum absolute atomic E-state index is 0. The lowest BCUT2D eigenvalue weighted by Crippen LogP contribution is -2.46. The summed E-state index contributed by atoms with van der Waals surface area (Å²) in [5, 5.41) is 13.3. The summed E-state index contributed by atoms with van der Waals surface area (Å²) in [6, 6.07) is 4.72. The number of guanidine groups is 1. The summed E-state index contributed by atoms with van der Waals surface area (Å²) in [5.41, 5.74) is 0.512. The zero-order valence-corrected chi connectivity index (χ0v) is 16.4. The number of rotatable bonds is 4. The van der Waals surface area contributed by atoms with E-state index in [1.54, 1.807) is 12.1 Å². The third-order valence-corrected chi connectivity index (χ3v) is 4.14. The number of likely N-dealkylation sites (tertiary alicyclic amines) is 1. The second-order valence-electron chi connectivity index (χ2n) is 5.40. The molecule has 1 fully saturated rings. The zero-order chi connectivity index (χ0) is 15.9. The summed E-state index contributed by atoms with van der Waals surface area (Å²) < 4.78 is 13.7. The summed E-state index contributed by atoms with van der Waals surface area (Å²) in [6.45, 7) is 4.84. The molecule has 0 amide bonds. The second kappa shape index (κ2) is 10.3. The van der Waals surface area contributed by atoms with Gasteiger partial charge in [0.15, 0.2) is 5.96 Å². The minimum Gasteiger partial charge on any atom is -0.393 e. The minimum atomic E-state index is -0.284. The number of hydrogen-bond donors (Lipinski definition) is 2. The normalized spacial score (nSPS) is 16.2. The highest BCUT2D eigenvalue weighted by molar-refractivity contribution is 14.0. The maximum Gasteiger partial charge on any atom is 0.193 e. The number of nitrogens with one attached hydrogen (secondary N) is 1. The molecule has 0 atom stereocenters. The summed E-state index contributed by atoms with van der Waals surface area (Å²) in [5.74, 6) is 0.538. The third kappa shape index (κ3) is 6.08. The number of aliphatic hydroxyl groups is 1. The number of hydrogen-bond acceptors (Lipinski definition) is 2. The molecule has 4 nitrogen and oxygen atoms in total. The molecule has 1 aromatic rings. The number of halogens is 3. The van der Waals surface area contributed by atoms with E-state index in [0.29, 0.717) is 23.6 Å². The number of aliphatic hydroxyl groups excluding tert-OH is 1. The SMILES string of the molecule is CCNC(=NCCc1c(F)cccc1Cl)N1CCC(O)CC1.I. The predicted octanol–water partition coefficient (Wildman–Crippen LogP) is 3.06. The molecular formula is C16H24ClFIN3O. The maximum atomic E-state index is 13.7. The Morgan fingerprint density at radius 2 is 2.13 bits per heavy atom. The molecule has 0 bridgehead atoms. The van der Waals surface area contributed by atoms with Crippen molar-refractivity contribution in [1.82, 2.24) is 10.2 Å². The maximum absolute atomic E-state index is 13.7. The van der Waals surface area contributed by atoms with Crippen molar-refractivity contribution in [2.24, 2.45) is 4.99 Å². The standard InChI is InChI=1S/C16H23ClFN3O.HI/c1-2-19-16(21-10-7-12(22)8-11-21)20-9-6-13-14(17)4-3-5-15(13)18;/h3-5,12,22H,2,6-11H2,1H3,(H,19,20);1H. The molecule has 1 aliphatic heterocycles. The van der Waals surface area contributed by atoms with E-state index in [0.717, 1.165) is 38.4 Å². The molecule has 0 spiro atoms. The van der Waals surface area contributed by atoms with Crippen LogP contribution in [0.5, 0.6) is 0 Å². The van der Waals surface area contributed by atoms with Gasteiger partial charge in [-0.15, -0.1) is 24.0 Å². The van der Waals surface area contributed by atoms with Gasteiger partial charge in [-0.1, -0.05) is 17.7 Å². The van der Waals surface area contributed by atoms with E-state index in [1.165, 1.54) is 6.07 Å². The largest absolute Gasteiger partial charge is 0.393 e. The van der Waals surface area contributed by atoms with Crippen LogP contribution in [0.3, 0.4) is 0 Å². The van der Waals surface area contributed by atoms with E-state index >= 15 is 0 Å². The van der Waals surface area contributed by atoms with Crippen molar-refractivity contribution in [3.8, 4) is 0 Å². The Hall–Kier alpha value is -0.600. The molecule has 2 rings (SSSR count). The van der Waals surface area contributed by atoms with Gasteiger partial charge in [0.25, 0.3) is 0 Å². The van der Waals surface area contributed by atoms with Crippen LogP contribution < -0.4 is 5.32 Å². The molecule has 2 N–H and O–H groups in total. The smallest absolute Gasteiger partial charge is 0.193 e. The molecule has 1 heterocycles. The first-order valence-corrected chi connectivity index (χ1v) is 8.13. The van der Waals surface area contributed by atoms with Crippen LogP contribution in [0.25, 0.3) is 0 Å².